The Morgan fingerprint density at radius 1 is 1.14 bits per heavy atom. The largest absolute Gasteiger partial charge is 0.344 e. The quantitative estimate of drug-likeness (QED) is 0.572. The number of fused-ring (bicyclic) bond motifs is 1. The minimum atomic E-state index is -0.160. The molecule has 4 rings (SSSR count). The molecule has 0 saturated carbocycles. The van der Waals surface area contributed by atoms with Crippen molar-refractivity contribution in [1.82, 2.24) is 4.90 Å². The molecule has 2 heterocycles. The monoisotopic (exact) mass is 467 g/mol. The van der Waals surface area contributed by atoms with Gasteiger partial charge in [0.1, 0.15) is 0 Å². The average Bonchev–Trinajstić information content (AvgIpc) is 2.74. The van der Waals surface area contributed by atoms with Gasteiger partial charge in [-0.15, -0.1) is 0 Å². The molecular formula is C23H22BrN3OS. The van der Waals surface area contributed by atoms with Crippen LogP contribution in [-0.2, 0) is 4.79 Å². The molecule has 4 nitrogen and oxygen atoms in total. The van der Waals surface area contributed by atoms with Gasteiger partial charge >= 0.3 is 0 Å². The van der Waals surface area contributed by atoms with Crippen LogP contribution in [0.1, 0.15) is 43.2 Å². The normalized spacial score (nSPS) is 19.4. The van der Waals surface area contributed by atoms with Gasteiger partial charge in [-0.1, -0.05) is 65.8 Å². The highest BCUT2D eigenvalue weighted by atomic mass is 79.9. The molecule has 0 radical (unpaired) electrons. The molecule has 1 amide bonds. The summed E-state index contributed by atoms with van der Waals surface area (Å²) in [6.07, 6.45) is 0.335. The van der Waals surface area contributed by atoms with E-state index in [9.17, 15) is 10.1 Å². The second-order valence-electron chi connectivity index (χ2n) is 7.66. The van der Waals surface area contributed by atoms with Crippen LogP contribution in [0.25, 0.3) is 0 Å². The fraction of sp³-hybridized carbons (Fsp3) is 0.304. The number of anilines is 1. The zero-order valence-corrected chi connectivity index (χ0v) is 18.8. The molecule has 2 aromatic rings. The molecule has 0 bridgehead atoms. The van der Waals surface area contributed by atoms with Crippen molar-refractivity contribution < 1.29 is 4.79 Å². The Labute approximate surface area is 184 Å². The van der Waals surface area contributed by atoms with Gasteiger partial charge in [-0.05, 0) is 41.3 Å². The number of halogens is 1. The zero-order chi connectivity index (χ0) is 20.5. The number of thioether (sulfide) groups is 1. The van der Waals surface area contributed by atoms with Crippen LogP contribution in [0.15, 0.2) is 63.6 Å². The maximum absolute atomic E-state index is 13.0. The molecule has 6 heteroatoms. The summed E-state index contributed by atoms with van der Waals surface area (Å²) in [4.78, 5) is 16.9. The molecular weight excluding hydrogens is 446 g/mol. The summed E-state index contributed by atoms with van der Waals surface area (Å²) in [7, 11) is 0. The number of benzene rings is 2. The summed E-state index contributed by atoms with van der Waals surface area (Å²) in [6.45, 7) is 4.80. The van der Waals surface area contributed by atoms with Gasteiger partial charge in [0.25, 0.3) is 0 Å². The molecule has 0 aromatic heterocycles. The predicted octanol–water partition coefficient (Wildman–Crippen LogP) is 5.79. The highest BCUT2D eigenvalue weighted by Crippen LogP contribution is 2.43. The van der Waals surface area contributed by atoms with Crippen molar-refractivity contribution >= 4 is 39.3 Å². The second kappa shape index (κ2) is 8.25. The van der Waals surface area contributed by atoms with Gasteiger partial charge in [-0.3, -0.25) is 9.69 Å². The number of nitrogens with zero attached hydrogens (tertiary/aromatic N) is 3. The molecule has 2 aromatic carbocycles. The summed E-state index contributed by atoms with van der Waals surface area (Å²) in [5.74, 6) is 1.09. The van der Waals surface area contributed by atoms with E-state index < -0.39 is 0 Å². The molecule has 1 saturated heterocycles. The SMILES string of the molecule is CC(C)c1ccc(C2CC(=O)N3CN(c4ccc(Br)cc4)CSC3=C2C#N)cc1. The average molecular weight is 468 g/mol. The van der Waals surface area contributed by atoms with Crippen molar-refractivity contribution in [2.45, 2.75) is 32.1 Å². The Hall–Kier alpha value is -2.23. The maximum atomic E-state index is 13.0. The van der Waals surface area contributed by atoms with E-state index in [1.807, 2.05) is 24.3 Å². The van der Waals surface area contributed by atoms with E-state index in [1.165, 1.54) is 5.56 Å². The molecule has 148 valence electrons. The number of hydrogen-bond donors (Lipinski definition) is 0. The molecule has 1 unspecified atom stereocenters. The van der Waals surface area contributed by atoms with Gasteiger partial charge in [-0.2, -0.15) is 5.26 Å². The highest BCUT2D eigenvalue weighted by Gasteiger charge is 2.38. The minimum Gasteiger partial charge on any atom is -0.344 e. The Balaban J connectivity index is 1.63. The van der Waals surface area contributed by atoms with E-state index in [0.717, 1.165) is 20.8 Å². The molecule has 2 aliphatic rings. The maximum Gasteiger partial charge on any atom is 0.229 e. The number of nitriles is 1. The smallest absolute Gasteiger partial charge is 0.229 e. The number of rotatable bonds is 3. The Morgan fingerprint density at radius 2 is 1.83 bits per heavy atom. The standard InChI is InChI=1S/C23H22BrN3OS/c1-15(2)16-3-5-17(6-4-16)20-11-22(28)27-13-26(14-29-23(27)21(20)12-25)19-9-7-18(24)8-10-19/h3-10,15,20H,11,13-14H2,1-2H3. The van der Waals surface area contributed by atoms with Gasteiger partial charge in [0.05, 0.1) is 29.2 Å². The zero-order valence-electron chi connectivity index (χ0n) is 16.4. The summed E-state index contributed by atoms with van der Waals surface area (Å²) in [5.41, 5.74) is 4.09. The highest BCUT2D eigenvalue weighted by molar-refractivity contribution is 9.10. The summed E-state index contributed by atoms with van der Waals surface area (Å²) >= 11 is 5.03. The number of allylic oxidation sites excluding steroid dienone is 1. The molecule has 29 heavy (non-hydrogen) atoms. The Kier molecular flexibility index (Phi) is 5.71. The predicted molar refractivity (Wildman–Crippen MR) is 121 cm³/mol. The van der Waals surface area contributed by atoms with Crippen molar-refractivity contribution in [2.75, 3.05) is 17.4 Å². The number of carbonyl (C=O) groups is 1. The number of amides is 1. The fourth-order valence-corrected chi connectivity index (χ4v) is 5.21. The van der Waals surface area contributed by atoms with Crippen LogP contribution in [0, 0.1) is 11.3 Å². The second-order valence-corrected chi connectivity index (χ2v) is 9.51. The van der Waals surface area contributed by atoms with Crippen LogP contribution in [0.5, 0.6) is 0 Å². The molecule has 0 aliphatic carbocycles. The van der Waals surface area contributed by atoms with E-state index in [-0.39, 0.29) is 11.8 Å². The third kappa shape index (κ3) is 3.94. The lowest BCUT2D eigenvalue weighted by molar-refractivity contribution is -0.129. The van der Waals surface area contributed by atoms with E-state index in [2.05, 4.69) is 65.0 Å². The lowest BCUT2D eigenvalue weighted by atomic mass is 9.85. The van der Waals surface area contributed by atoms with Crippen LogP contribution in [0.2, 0.25) is 0 Å². The first kappa shape index (κ1) is 20.1. The molecule has 2 aliphatic heterocycles. The summed E-state index contributed by atoms with van der Waals surface area (Å²) < 4.78 is 1.03. The Bertz CT molecular complexity index is 992. The van der Waals surface area contributed by atoms with Crippen molar-refractivity contribution in [1.29, 1.82) is 5.26 Å². The molecule has 1 fully saturated rings. The molecule has 1 atom stereocenters. The van der Waals surface area contributed by atoms with Crippen LogP contribution in [-0.4, -0.2) is 23.4 Å². The number of carbonyl (C=O) groups excluding carboxylic acids is 1. The van der Waals surface area contributed by atoms with Gasteiger partial charge < -0.3 is 4.90 Å². The van der Waals surface area contributed by atoms with Crippen molar-refractivity contribution in [3.63, 3.8) is 0 Å². The minimum absolute atomic E-state index is 0.0752. The first-order valence-electron chi connectivity index (χ1n) is 9.65. The van der Waals surface area contributed by atoms with Crippen molar-refractivity contribution in [2.24, 2.45) is 0 Å². The van der Waals surface area contributed by atoms with Gasteiger partial charge in [0, 0.05) is 22.5 Å². The molecule has 0 spiro atoms. The van der Waals surface area contributed by atoms with Gasteiger partial charge in [-0.25, -0.2) is 0 Å². The van der Waals surface area contributed by atoms with E-state index in [4.69, 9.17) is 0 Å². The lowest BCUT2D eigenvalue weighted by Crippen LogP contribution is -2.47. The van der Waals surface area contributed by atoms with Crippen molar-refractivity contribution in [3.05, 3.63) is 74.7 Å². The van der Waals surface area contributed by atoms with Crippen molar-refractivity contribution in [3.8, 4) is 6.07 Å². The van der Waals surface area contributed by atoms with E-state index >= 15 is 0 Å². The third-order valence-electron chi connectivity index (χ3n) is 5.49. The first-order valence-corrected chi connectivity index (χ1v) is 11.4. The summed E-state index contributed by atoms with van der Waals surface area (Å²) in [5, 5.41) is 10.7. The van der Waals surface area contributed by atoms with Crippen LogP contribution in [0.3, 0.4) is 0 Å². The van der Waals surface area contributed by atoms with E-state index in [1.54, 1.807) is 16.7 Å². The van der Waals surface area contributed by atoms with Gasteiger partial charge in [0.15, 0.2) is 0 Å². The van der Waals surface area contributed by atoms with E-state index in [0.29, 0.717) is 30.5 Å². The number of hydrogen-bond acceptors (Lipinski definition) is 4. The first-order chi connectivity index (χ1) is 14.0. The van der Waals surface area contributed by atoms with Crippen LogP contribution < -0.4 is 4.90 Å². The summed E-state index contributed by atoms with van der Waals surface area (Å²) in [6, 6.07) is 18.9. The fourth-order valence-electron chi connectivity index (χ4n) is 3.78. The Morgan fingerprint density at radius 3 is 2.45 bits per heavy atom. The lowest BCUT2D eigenvalue weighted by Gasteiger charge is -2.42. The molecule has 0 N–H and O–H groups in total. The van der Waals surface area contributed by atoms with Crippen LogP contribution in [0.4, 0.5) is 5.69 Å². The topological polar surface area (TPSA) is 47.3 Å². The van der Waals surface area contributed by atoms with Gasteiger partial charge in [0.2, 0.25) is 5.91 Å². The third-order valence-corrected chi connectivity index (χ3v) is 7.17. The van der Waals surface area contributed by atoms with Crippen LogP contribution >= 0.6 is 27.7 Å².